The number of carbonyl (C=O) groups excluding carboxylic acids is 1. The quantitative estimate of drug-likeness (QED) is 0.887. The minimum Gasteiger partial charge on any atom is -0.457 e. The van der Waals surface area contributed by atoms with Crippen LogP contribution >= 0.6 is 0 Å². The molecule has 0 fully saturated rings. The minimum absolute atomic E-state index is 0.137. The van der Waals surface area contributed by atoms with Crippen molar-refractivity contribution < 1.29 is 13.7 Å². The van der Waals surface area contributed by atoms with Gasteiger partial charge < -0.3 is 10.1 Å². The van der Waals surface area contributed by atoms with E-state index >= 15 is 0 Å². The Kier molecular flexibility index (Phi) is 5.72. The van der Waals surface area contributed by atoms with Gasteiger partial charge in [-0.1, -0.05) is 17.7 Å². The fraction of sp³-hybridized carbons (Fsp3) is 0.235. The maximum atomic E-state index is 11.6. The van der Waals surface area contributed by atoms with Crippen LogP contribution in [0.25, 0.3) is 0 Å². The topological polar surface area (TPSA) is 55.4 Å². The molecule has 0 saturated heterocycles. The van der Waals surface area contributed by atoms with Crippen LogP contribution in [0.5, 0.6) is 11.5 Å². The van der Waals surface area contributed by atoms with Gasteiger partial charge in [-0.15, -0.1) is 0 Å². The highest BCUT2D eigenvalue weighted by Gasteiger charge is 2.04. The van der Waals surface area contributed by atoms with E-state index in [9.17, 15) is 9.00 Å². The van der Waals surface area contributed by atoms with Crippen LogP contribution in [-0.2, 0) is 15.6 Å². The van der Waals surface area contributed by atoms with E-state index in [0.717, 1.165) is 5.75 Å². The van der Waals surface area contributed by atoms with Gasteiger partial charge in [0.1, 0.15) is 11.5 Å². The predicted molar refractivity (Wildman–Crippen MR) is 89.9 cm³/mol. The van der Waals surface area contributed by atoms with Crippen molar-refractivity contribution in [1.82, 2.24) is 0 Å². The zero-order valence-corrected chi connectivity index (χ0v) is 13.5. The summed E-state index contributed by atoms with van der Waals surface area (Å²) in [6, 6.07) is 15.0. The predicted octanol–water partition coefficient (Wildman–Crippen LogP) is 3.49. The van der Waals surface area contributed by atoms with Gasteiger partial charge in [-0.2, -0.15) is 0 Å². The number of carbonyl (C=O) groups is 1. The van der Waals surface area contributed by atoms with Crippen molar-refractivity contribution in [3.8, 4) is 11.5 Å². The van der Waals surface area contributed by atoms with Crippen molar-refractivity contribution in [2.24, 2.45) is 0 Å². The third kappa shape index (κ3) is 5.33. The zero-order chi connectivity index (χ0) is 15.9. The molecule has 4 nitrogen and oxygen atoms in total. The first kappa shape index (κ1) is 16.2. The number of aryl methyl sites for hydroxylation is 1. The van der Waals surface area contributed by atoms with Crippen molar-refractivity contribution >= 4 is 22.4 Å². The van der Waals surface area contributed by atoms with Crippen molar-refractivity contribution in [1.29, 1.82) is 0 Å². The fourth-order valence-electron chi connectivity index (χ4n) is 1.81. The molecule has 0 unspecified atom stereocenters. The summed E-state index contributed by atoms with van der Waals surface area (Å²) in [6.07, 6.45) is 1.84. The summed E-state index contributed by atoms with van der Waals surface area (Å²) in [5.74, 6) is 1.72. The lowest BCUT2D eigenvalue weighted by Crippen LogP contribution is -2.14. The van der Waals surface area contributed by atoms with Crippen molar-refractivity contribution in [2.45, 2.75) is 13.3 Å². The van der Waals surface area contributed by atoms with Gasteiger partial charge in [-0.25, -0.2) is 0 Å². The van der Waals surface area contributed by atoms with E-state index in [1.807, 2.05) is 31.2 Å². The van der Waals surface area contributed by atoms with Gasteiger partial charge in [-0.05, 0) is 43.3 Å². The van der Waals surface area contributed by atoms with Crippen LogP contribution in [0.4, 0.5) is 5.69 Å². The largest absolute Gasteiger partial charge is 0.457 e. The maximum Gasteiger partial charge on any atom is 0.225 e. The molecule has 116 valence electrons. The summed E-state index contributed by atoms with van der Waals surface area (Å²) >= 11 is 0. The molecule has 0 aliphatic carbocycles. The first-order chi connectivity index (χ1) is 10.5. The number of amides is 1. The molecule has 22 heavy (non-hydrogen) atoms. The minimum atomic E-state index is -0.953. The number of rotatable bonds is 6. The van der Waals surface area contributed by atoms with Crippen LogP contribution in [0.15, 0.2) is 48.5 Å². The van der Waals surface area contributed by atoms with Gasteiger partial charge in [0.15, 0.2) is 0 Å². The SMILES string of the molecule is Cc1ccc(Oc2ccc(NC(=O)CC[S@@](C)=O)cc2)cc1. The standard InChI is InChI=1S/C17H19NO3S/c1-13-3-7-15(8-4-13)21-16-9-5-14(6-10-16)18-17(19)11-12-22(2)20/h3-10H,11-12H2,1-2H3,(H,18,19)/t22-/m1/s1. The van der Waals surface area contributed by atoms with Crippen LogP contribution in [0.2, 0.25) is 0 Å². The molecule has 0 heterocycles. The second kappa shape index (κ2) is 7.75. The maximum absolute atomic E-state index is 11.6. The summed E-state index contributed by atoms with van der Waals surface area (Å²) < 4.78 is 16.7. The summed E-state index contributed by atoms with van der Waals surface area (Å²) in [4.78, 5) is 11.6. The summed E-state index contributed by atoms with van der Waals surface area (Å²) in [5, 5.41) is 2.77. The molecule has 0 saturated carbocycles. The van der Waals surface area contributed by atoms with Crippen LogP contribution in [-0.4, -0.2) is 22.1 Å². The average Bonchev–Trinajstić information content (AvgIpc) is 2.49. The van der Waals surface area contributed by atoms with Crippen molar-refractivity contribution in [3.05, 3.63) is 54.1 Å². The fourth-order valence-corrected chi connectivity index (χ4v) is 2.28. The van der Waals surface area contributed by atoms with Crippen LogP contribution in [0, 0.1) is 6.92 Å². The Morgan fingerprint density at radius 2 is 1.59 bits per heavy atom. The van der Waals surface area contributed by atoms with Crippen LogP contribution < -0.4 is 10.1 Å². The van der Waals surface area contributed by atoms with Crippen LogP contribution in [0.3, 0.4) is 0 Å². The average molecular weight is 317 g/mol. The Morgan fingerprint density at radius 3 is 2.14 bits per heavy atom. The Labute approximate surface area is 133 Å². The first-order valence-corrected chi connectivity index (χ1v) is 8.70. The number of nitrogens with one attached hydrogen (secondary N) is 1. The molecule has 2 rings (SSSR count). The lowest BCUT2D eigenvalue weighted by Gasteiger charge is -2.08. The van der Waals surface area contributed by atoms with Crippen molar-refractivity contribution in [3.63, 3.8) is 0 Å². The van der Waals surface area contributed by atoms with E-state index in [4.69, 9.17) is 4.74 Å². The van der Waals surface area contributed by atoms with E-state index in [0.29, 0.717) is 17.2 Å². The second-order valence-corrected chi connectivity index (χ2v) is 6.57. The normalized spacial score (nSPS) is 11.7. The molecule has 5 heteroatoms. The first-order valence-electron chi connectivity index (χ1n) is 6.97. The molecule has 0 aliphatic rings. The Balaban J connectivity index is 1.91. The lowest BCUT2D eigenvalue weighted by molar-refractivity contribution is -0.115. The Morgan fingerprint density at radius 1 is 1.05 bits per heavy atom. The third-order valence-corrected chi connectivity index (χ3v) is 3.79. The van der Waals surface area contributed by atoms with Gasteiger partial charge in [0.25, 0.3) is 0 Å². The van der Waals surface area contributed by atoms with Gasteiger partial charge >= 0.3 is 0 Å². The Hall–Kier alpha value is -2.14. The molecular formula is C17H19NO3S. The van der Waals surface area contributed by atoms with Gasteiger partial charge in [-0.3, -0.25) is 9.00 Å². The highest BCUT2D eigenvalue weighted by atomic mass is 32.2. The lowest BCUT2D eigenvalue weighted by atomic mass is 10.2. The van der Waals surface area contributed by atoms with Gasteiger partial charge in [0, 0.05) is 34.9 Å². The number of ether oxygens (including phenoxy) is 1. The molecule has 0 spiro atoms. The summed E-state index contributed by atoms with van der Waals surface area (Å²) in [7, 11) is -0.953. The molecule has 0 bridgehead atoms. The molecule has 1 amide bonds. The highest BCUT2D eigenvalue weighted by molar-refractivity contribution is 7.84. The molecule has 1 N–H and O–H groups in total. The summed E-state index contributed by atoms with van der Waals surface area (Å²) in [5.41, 5.74) is 1.88. The molecule has 2 aromatic carbocycles. The number of benzene rings is 2. The summed E-state index contributed by atoms with van der Waals surface area (Å²) in [6.45, 7) is 2.02. The van der Waals surface area contributed by atoms with Gasteiger partial charge in [0.05, 0.1) is 0 Å². The van der Waals surface area contributed by atoms with E-state index in [2.05, 4.69) is 5.32 Å². The molecule has 0 radical (unpaired) electrons. The van der Waals surface area contributed by atoms with Crippen molar-refractivity contribution in [2.75, 3.05) is 17.3 Å². The van der Waals surface area contributed by atoms with E-state index in [1.165, 1.54) is 5.56 Å². The van der Waals surface area contributed by atoms with Gasteiger partial charge in [0.2, 0.25) is 5.91 Å². The molecule has 0 aromatic heterocycles. The Bertz CT molecular complexity index is 651. The van der Waals surface area contributed by atoms with E-state index in [1.54, 1.807) is 30.5 Å². The van der Waals surface area contributed by atoms with E-state index in [-0.39, 0.29) is 12.3 Å². The number of anilines is 1. The van der Waals surface area contributed by atoms with E-state index < -0.39 is 10.8 Å². The smallest absolute Gasteiger partial charge is 0.225 e. The molecular weight excluding hydrogens is 298 g/mol. The second-order valence-electron chi connectivity index (χ2n) is 5.01. The monoisotopic (exact) mass is 317 g/mol. The zero-order valence-electron chi connectivity index (χ0n) is 12.7. The highest BCUT2D eigenvalue weighted by Crippen LogP contribution is 2.23. The molecule has 1 atom stereocenters. The van der Waals surface area contributed by atoms with Crippen LogP contribution in [0.1, 0.15) is 12.0 Å². The molecule has 0 aliphatic heterocycles. The number of hydrogen-bond donors (Lipinski definition) is 1. The molecule has 2 aromatic rings. The number of hydrogen-bond acceptors (Lipinski definition) is 3. The third-order valence-electron chi connectivity index (χ3n) is 3.01.